The molecular weight excluding hydrogens is 686 g/mol. The Bertz CT molecular complexity index is 1670. The molecule has 2 amide bonds. The number of sulfonamides is 1. The molecule has 0 spiro atoms. The van der Waals surface area contributed by atoms with E-state index in [4.69, 9.17) is 9.47 Å². The number of carbonyl (C=O) groups is 2. The van der Waals surface area contributed by atoms with Crippen LogP contribution in [0.25, 0.3) is 5.52 Å². The average Bonchev–Trinajstić information content (AvgIpc) is 3.63. The number of fused-ring (bicyclic) bond motifs is 1. The lowest BCUT2D eigenvalue weighted by Crippen LogP contribution is -2.62. The van der Waals surface area contributed by atoms with Gasteiger partial charge in [0.2, 0.25) is 21.8 Å². The summed E-state index contributed by atoms with van der Waals surface area (Å²) in [6.45, 7) is 12.6. The molecule has 274 valence electrons. The average molecular weight is 733 g/mol. The minimum atomic E-state index is -4.94. The number of hydrogen-bond acceptors (Lipinski definition) is 9. The van der Waals surface area contributed by atoms with Crippen LogP contribution in [0.15, 0.2) is 23.4 Å². The van der Waals surface area contributed by atoms with E-state index in [2.05, 4.69) is 24.6 Å². The first-order valence-electron chi connectivity index (χ1n) is 16.5. The molecule has 18 heteroatoms. The van der Waals surface area contributed by atoms with E-state index < -0.39 is 54.3 Å². The number of nitrogens with zero attached hydrogens (tertiary/aromatic N) is 6. The number of imidazole rings is 1. The minimum Gasteiger partial charge on any atom is -0.379 e. The summed E-state index contributed by atoms with van der Waals surface area (Å²) in [5.74, 6) is -1.35. The summed E-state index contributed by atoms with van der Waals surface area (Å²) >= 11 is 0. The van der Waals surface area contributed by atoms with Gasteiger partial charge in [0.1, 0.15) is 11.6 Å². The molecule has 0 aromatic carbocycles. The molecule has 49 heavy (non-hydrogen) atoms. The van der Waals surface area contributed by atoms with Gasteiger partial charge in [0, 0.05) is 65.9 Å². The quantitative estimate of drug-likeness (QED) is 0.210. The number of anilines is 1. The molecule has 3 saturated heterocycles. The van der Waals surface area contributed by atoms with Gasteiger partial charge in [-0.2, -0.15) is 17.5 Å². The monoisotopic (exact) mass is 732 g/mol. The number of β-amino-alcohol motifs (C(OH)–C–C–N with tert-alkyl or cyclic N) is 1. The molecule has 13 nitrogen and oxygen atoms in total. The highest BCUT2D eigenvalue weighted by Crippen LogP contribution is 2.39. The van der Waals surface area contributed by atoms with Crippen molar-refractivity contribution in [3.05, 3.63) is 24.3 Å². The normalized spacial score (nSPS) is 22.0. The predicted molar refractivity (Wildman–Crippen MR) is 178 cm³/mol. The number of likely N-dealkylation sites (tertiary alicyclic amines) is 1. The fraction of sp³-hybridized carbons (Fsp3) is 0.710. The largest absolute Gasteiger partial charge is 0.419 e. The van der Waals surface area contributed by atoms with Gasteiger partial charge in [0.25, 0.3) is 5.91 Å². The van der Waals surface area contributed by atoms with E-state index in [1.54, 1.807) is 11.8 Å². The van der Waals surface area contributed by atoms with E-state index in [0.717, 1.165) is 10.9 Å². The number of amides is 2. The number of alkyl halides is 3. The Morgan fingerprint density at radius 1 is 1.12 bits per heavy atom. The van der Waals surface area contributed by atoms with E-state index >= 15 is 0 Å². The van der Waals surface area contributed by atoms with Crippen molar-refractivity contribution in [2.75, 3.05) is 70.7 Å². The Morgan fingerprint density at radius 2 is 1.78 bits per heavy atom. The molecule has 5 rings (SSSR count). The lowest BCUT2D eigenvalue weighted by Gasteiger charge is -2.45. The zero-order chi connectivity index (χ0) is 36.2. The lowest BCUT2D eigenvalue weighted by molar-refractivity contribution is -0.253. The Morgan fingerprint density at radius 3 is 2.31 bits per heavy atom. The van der Waals surface area contributed by atoms with Crippen molar-refractivity contribution in [1.29, 1.82) is 0 Å². The molecule has 5 heterocycles. The topological polar surface area (TPSA) is 137 Å². The predicted octanol–water partition coefficient (Wildman–Crippen LogP) is 2.87. The highest BCUT2D eigenvalue weighted by molar-refractivity contribution is 7.89. The summed E-state index contributed by atoms with van der Waals surface area (Å²) in [5, 5.41) is 10.2. The number of ether oxygens (including phenoxy) is 2. The van der Waals surface area contributed by atoms with Gasteiger partial charge in [-0.15, -0.1) is 0 Å². The van der Waals surface area contributed by atoms with Gasteiger partial charge in [0.15, 0.2) is 5.60 Å². The summed E-state index contributed by atoms with van der Waals surface area (Å²) < 4.78 is 83.8. The summed E-state index contributed by atoms with van der Waals surface area (Å²) in [5.41, 5.74) is -3.15. The second-order valence-electron chi connectivity index (χ2n) is 15.1. The molecule has 3 aliphatic heterocycles. The number of rotatable bonds is 11. The molecular formula is C31H47F3N6O7SSi. The van der Waals surface area contributed by atoms with Gasteiger partial charge in [-0.1, -0.05) is 33.5 Å². The van der Waals surface area contributed by atoms with E-state index in [0.29, 0.717) is 44.0 Å². The van der Waals surface area contributed by atoms with Crippen LogP contribution in [0, 0.1) is 5.92 Å². The van der Waals surface area contributed by atoms with Gasteiger partial charge in [-0.05, 0) is 19.0 Å². The van der Waals surface area contributed by atoms with Crippen LogP contribution < -0.4 is 4.90 Å². The fourth-order valence-corrected chi connectivity index (χ4v) is 8.60. The SMILES string of the molecule is CC(C)C(=O)N1CCN(c2cc(S(=O)(=O)N(COCC[Si](C)(C)C)C3(C)COC3)cn3c(C(=O)N4CCC(O)(C(F)(F)F)C4)ncc23)CC1. The van der Waals surface area contributed by atoms with Crippen molar-refractivity contribution in [2.24, 2.45) is 5.92 Å². The lowest BCUT2D eigenvalue weighted by atomic mass is 10.0. The summed E-state index contributed by atoms with van der Waals surface area (Å²) in [4.78, 5) is 35.0. The van der Waals surface area contributed by atoms with Gasteiger partial charge < -0.3 is 29.3 Å². The van der Waals surface area contributed by atoms with Crippen molar-refractivity contribution in [3.63, 3.8) is 0 Å². The van der Waals surface area contributed by atoms with Crippen LogP contribution in [0.2, 0.25) is 25.7 Å². The zero-order valence-electron chi connectivity index (χ0n) is 28.9. The second-order valence-corrected chi connectivity index (χ2v) is 22.5. The van der Waals surface area contributed by atoms with Gasteiger partial charge in [-0.3, -0.25) is 14.0 Å². The van der Waals surface area contributed by atoms with Crippen LogP contribution in [0.3, 0.4) is 0 Å². The maximum atomic E-state index is 14.6. The van der Waals surface area contributed by atoms with E-state index in [9.17, 15) is 36.3 Å². The number of aliphatic hydroxyl groups is 1. The highest BCUT2D eigenvalue weighted by Gasteiger charge is 2.58. The fourth-order valence-electron chi connectivity index (χ4n) is 6.19. The molecule has 0 saturated carbocycles. The molecule has 1 N–H and O–H groups in total. The molecule has 3 fully saturated rings. The summed E-state index contributed by atoms with van der Waals surface area (Å²) in [6, 6.07) is 2.34. The molecule has 0 bridgehead atoms. The van der Waals surface area contributed by atoms with E-state index in [1.807, 2.05) is 18.7 Å². The van der Waals surface area contributed by atoms with Gasteiger partial charge in [0.05, 0.1) is 42.7 Å². The third kappa shape index (κ3) is 7.49. The maximum Gasteiger partial charge on any atom is 0.419 e. The number of hydrogen-bond donors (Lipinski definition) is 1. The molecule has 0 radical (unpaired) electrons. The first-order chi connectivity index (χ1) is 22.7. The Balaban J connectivity index is 1.55. The Hall–Kier alpha value is -2.77. The molecule has 2 aromatic rings. The third-order valence-electron chi connectivity index (χ3n) is 9.50. The standard InChI is InChI=1S/C31H47F3N6O7SSi/c1-22(2)27(41)37-11-9-36(10-12-37)24-15-23(48(44,45)40(29(3)19-47-20-29)21-46-13-14-49(4,5)6)17-39-25(24)16-35-26(39)28(42)38-8-7-30(43,18-38)31(32,33)34/h15-17,22,43H,7-14,18-21H2,1-6H3. The van der Waals surface area contributed by atoms with E-state index in [1.165, 1.54) is 27.2 Å². The number of carbonyl (C=O) groups excluding carboxylic acids is 2. The van der Waals surface area contributed by atoms with Crippen molar-refractivity contribution in [1.82, 2.24) is 23.5 Å². The van der Waals surface area contributed by atoms with Crippen LogP contribution in [0.5, 0.6) is 0 Å². The van der Waals surface area contributed by atoms with Crippen LogP contribution in [0.4, 0.5) is 18.9 Å². The number of pyridine rings is 1. The first kappa shape index (κ1) is 37.5. The van der Waals surface area contributed by atoms with Crippen molar-refractivity contribution < 1.29 is 45.8 Å². The molecule has 1 atom stereocenters. The zero-order valence-corrected chi connectivity index (χ0v) is 30.7. The molecule has 3 aliphatic rings. The second kappa shape index (κ2) is 13.4. The highest BCUT2D eigenvalue weighted by atomic mass is 32.2. The van der Waals surface area contributed by atoms with Crippen molar-refractivity contribution >= 4 is 41.1 Å². The molecule has 2 aromatic heterocycles. The van der Waals surface area contributed by atoms with Gasteiger partial charge in [-0.25, -0.2) is 13.4 Å². The molecule has 0 aliphatic carbocycles. The first-order valence-corrected chi connectivity index (χ1v) is 21.6. The smallest absolute Gasteiger partial charge is 0.379 e. The Labute approximate surface area is 286 Å². The number of aromatic nitrogens is 2. The van der Waals surface area contributed by atoms with Crippen molar-refractivity contribution in [2.45, 2.75) is 75.1 Å². The maximum absolute atomic E-state index is 14.6. The van der Waals surface area contributed by atoms with Crippen LogP contribution in [-0.4, -0.2) is 140 Å². The Kier molecular flexibility index (Phi) is 10.3. The number of halogens is 3. The summed E-state index contributed by atoms with van der Waals surface area (Å²) in [6.07, 6.45) is -2.98. The van der Waals surface area contributed by atoms with Crippen LogP contribution >= 0.6 is 0 Å². The van der Waals surface area contributed by atoms with Crippen molar-refractivity contribution in [3.8, 4) is 0 Å². The van der Waals surface area contributed by atoms with Crippen LogP contribution in [0.1, 0.15) is 37.8 Å². The summed E-state index contributed by atoms with van der Waals surface area (Å²) in [7, 11) is -5.78. The van der Waals surface area contributed by atoms with E-state index in [-0.39, 0.29) is 49.0 Å². The molecule has 1 unspecified atom stereocenters. The third-order valence-corrected chi connectivity index (χ3v) is 13.1. The van der Waals surface area contributed by atoms with Crippen LogP contribution in [-0.2, 0) is 24.3 Å². The van der Waals surface area contributed by atoms with Gasteiger partial charge >= 0.3 is 6.18 Å². The number of piperazine rings is 1. The minimum absolute atomic E-state index is 0.00326.